The Morgan fingerprint density at radius 3 is 2.64 bits per heavy atom. The molecule has 0 aliphatic heterocycles. The third kappa shape index (κ3) is 3.46. The first-order chi connectivity index (χ1) is 10.7. The van der Waals surface area contributed by atoms with Gasteiger partial charge in [-0.15, -0.1) is 0 Å². The number of benzene rings is 1. The van der Waals surface area contributed by atoms with E-state index >= 15 is 0 Å². The van der Waals surface area contributed by atoms with Gasteiger partial charge in [-0.05, 0) is 12.1 Å². The van der Waals surface area contributed by atoms with Crippen molar-refractivity contribution < 1.29 is 23.7 Å². The lowest BCUT2D eigenvalue weighted by Crippen LogP contribution is -2.07. The van der Waals surface area contributed by atoms with Gasteiger partial charge in [0, 0.05) is 31.6 Å². The minimum absolute atomic E-state index is 0.182. The van der Waals surface area contributed by atoms with Crippen LogP contribution >= 0.6 is 0 Å². The Kier molecular flexibility index (Phi) is 5.55. The number of rotatable bonds is 7. The molecule has 6 nitrogen and oxygen atoms in total. The number of para-hydroxylation sites is 1. The standard InChI is InChI=1S/C16H19NO5/c1-19-8-5-9-22-14-10-12(16(18)21-3)17-15-11(14)6-4-7-13(15)20-2/h4,6-7,10H,5,8-9H2,1-3H3. The largest absolute Gasteiger partial charge is 0.494 e. The summed E-state index contributed by atoms with van der Waals surface area (Å²) in [4.78, 5) is 16.1. The highest BCUT2D eigenvalue weighted by Crippen LogP contribution is 2.31. The van der Waals surface area contributed by atoms with Crippen LogP contribution in [-0.2, 0) is 9.47 Å². The van der Waals surface area contributed by atoms with Crippen molar-refractivity contribution in [3.63, 3.8) is 0 Å². The molecule has 1 aromatic heterocycles. The van der Waals surface area contributed by atoms with E-state index in [9.17, 15) is 4.79 Å². The Morgan fingerprint density at radius 1 is 1.14 bits per heavy atom. The Labute approximate surface area is 129 Å². The summed E-state index contributed by atoms with van der Waals surface area (Å²) in [6, 6.07) is 7.09. The van der Waals surface area contributed by atoms with Crippen LogP contribution in [0.1, 0.15) is 16.9 Å². The number of carbonyl (C=O) groups is 1. The molecular formula is C16H19NO5. The highest BCUT2D eigenvalue weighted by atomic mass is 16.5. The normalized spacial score (nSPS) is 10.5. The lowest BCUT2D eigenvalue weighted by molar-refractivity contribution is 0.0594. The van der Waals surface area contributed by atoms with Crippen LogP contribution in [0.2, 0.25) is 0 Å². The maximum Gasteiger partial charge on any atom is 0.356 e. The molecule has 0 radical (unpaired) electrons. The van der Waals surface area contributed by atoms with Crippen LogP contribution < -0.4 is 9.47 Å². The van der Waals surface area contributed by atoms with Gasteiger partial charge < -0.3 is 18.9 Å². The predicted octanol–water partition coefficient (Wildman–Crippen LogP) is 2.45. The fourth-order valence-corrected chi connectivity index (χ4v) is 2.07. The molecule has 0 aliphatic rings. The first-order valence-electron chi connectivity index (χ1n) is 6.89. The van der Waals surface area contributed by atoms with Crippen LogP contribution in [0.4, 0.5) is 0 Å². The van der Waals surface area contributed by atoms with Crippen molar-refractivity contribution in [2.75, 3.05) is 34.5 Å². The fourth-order valence-electron chi connectivity index (χ4n) is 2.07. The van der Waals surface area contributed by atoms with Crippen LogP contribution in [0.15, 0.2) is 24.3 Å². The van der Waals surface area contributed by atoms with Crippen LogP contribution in [0.3, 0.4) is 0 Å². The Balaban J connectivity index is 2.44. The van der Waals surface area contributed by atoms with Gasteiger partial charge in [-0.2, -0.15) is 0 Å². The number of esters is 1. The summed E-state index contributed by atoms with van der Waals surface area (Å²) < 4.78 is 20.8. The second-order valence-electron chi connectivity index (χ2n) is 4.55. The van der Waals surface area contributed by atoms with E-state index in [1.54, 1.807) is 26.4 Å². The van der Waals surface area contributed by atoms with Gasteiger partial charge in [-0.1, -0.05) is 6.07 Å². The van der Waals surface area contributed by atoms with Crippen molar-refractivity contribution >= 4 is 16.9 Å². The van der Waals surface area contributed by atoms with Crippen molar-refractivity contribution in [2.24, 2.45) is 0 Å². The summed E-state index contributed by atoms with van der Waals surface area (Å²) in [5.41, 5.74) is 0.746. The second kappa shape index (κ2) is 7.61. The number of carbonyl (C=O) groups excluding carboxylic acids is 1. The molecule has 0 saturated heterocycles. The molecule has 0 bridgehead atoms. The molecule has 0 aliphatic carbocycles. The minimum Gasteiger partial charge on any atom is -0.494 e. The molecule has 6 heteroatoms. The first kappa shape index (κ1) is 16.0. The summed E-state index contributed by atoms with van der Waals surface area (Å²) in [6.45, 7) is 1.08. The van der Waals surface area contributed by atoms with E-state index in [1.807, 2.05) is 12.1 Å². The molecule has 22 heavy (non-hydrogen) atoms. The zero-order chi connectivity index (χ0) is 15.9. The van der Waals surface area contributed by atoms with E-state index in [4.69, 9.17) is 18.9 Å². The fraction of sp³-hybridized carbons (Fsp3) is 0.375. The van der Waals surface area contributed by atoms with Crippen LogP contribution in [0.5, 0.6) is 11.5 Å². The number of methoxy groups -OCH3 is 3. The lowest BCUT2D eigenvalue weighted by Gasteiger charge is -2.12. The number of pyridine rings is 1. The van der Waals surface area contributed by atoms with E-state index in [2.05, 4.69) is 4.98 Å². The molecule has 0 saturated carbocycles. The molecular weight excluding hydrogens is 286 g/mol. The maximum atomic E-state index is 11.8. The van der Waals surface area contributed by atoms with Gasteiger partial charge in [0.1, 0.15) is 17.0 Å². The average molecular weight is 305 g/mol. The van der Waals surface area contributed by atoms with Gasteiger partial charge in [-0.3, -0.25) is 0 Å². The molecule has 0 unspecified atom stereocenters. The van der Waals surface area contributed by atoms with Crippen molar-refractivity contribution in [3.8, 4) is 11.5 Å². The third-order valence-electron chi connectivity index (χ3n) is 3.13. The number of aromatic nitrogens is 1. The van der Waals surface area contributed by atoms with Crippen molar-refractivity contribution in [1.29, 1.82) is 0 Å². The molecule has 0 spiro atoms. The van der Waals surface area contributed by atoms with Crippen molar-refractivity contribution in [2.45, 2.75) is 6.42 Å². The van der Waals surface area contributed by atoms with Gasteiger partial charge >= 0.3 is 5.97 Å². The number of ether oxygens (including phenoxy) is 4. The zero-order valence-corrected chi connectivity index (χ0v) is 12.9. The van der Waals surface area contributed by atoms with Gasteiger partial charge in [0.05, 0.1) is 20.8 Å². The lowest BCUT2D eigenvalue weighted by atomic mass is 10.1. The van der Waals surface area contributed by atoms with Crippen molar-refractivity contribution in [1.82, 2.24) is 4.98 Å². The van der Waals surface area contributed by atoms with Crippen molar-refractivity contribution in [3.05, 3.63) is 30.0 Å². The van der Waals surface area contributed by atoms with E-state index in [0.29, 0.717) is 30.2 Å². The van der Waals surface area contributed by atoms with Gasteiger partial charge in [0.25, 0.3) is 0 Å². The molecule has 0 fully saturated rings. The highest BCUT2D eigenvalue weighted by molar-refractivity contribution is 5.96. The smallest absolute Gasteiger partial charge is 0.356 e. The van der Waals surface area contributed by atoms with E-state index in [1.165, 1.54) is 7.11 Å². The summed E-state index contributed by atoms with van der Waals surface area (Å²) in [6.07, 6.45) is 0.748. The molecule has 1 aromatic carbocycles. The van der Waals surface area contributed by atoms with E-state index < -0.39 is 5.97 Å². The number of nitrogens with zero attached hydrogens (tertiary/aromatic N) is 1. The zero-order valence-electron chi connectivity index (χ0n) is 12.9. The molecule has 2 rings (SSSR count). The Bertz CT molecular complexity index is 656. The summed E-state index contributed by atoms with van der Waals surface area (Å²) >= 11 is 0. The third-order valence-corrected chi connectivity index (χ3v) is 3.13. The molecule has 2 aromatic rings. The molecule has 0 atom stereocenters. The molecule has 0 amide bonds. The molecule has 0 N–H and O–H groups in total. The first-order valence-corrected chi connectivity index (χ1v) is 6.89. The maximum absolute atomic E-state index is 11.8. The Hall–Kier alpha value is -2.34. The monoisotopic (exact) mass is 305 g/mol. The summed E-state index contributed by atoms with van der Waals surface area (Å²) in [5, 5.41) is 0.782. The van der Waals surface area contributed by atoms with E-state index in [-0.39, 0.29) is 5.69 Å². The second-order valence-corrected chi connectivity index (χ2v) is 4.55. The number of hydrogen-bond acceptors (Lipinski definition) is 6. The summed E-state index contributed by atoms with van der Waals surface area (Å²) in [5.74, 6) is 0.625. The molecule has 118 valence electrons. The predicted molar refractivity (Wildman–Crippen MR) is 81.6 cm³/mol. The topological polar surface area (TPSA) is 66.9 Å². The quantitative estimate of drug-likeness (QED) is 0.578. The number of hydrogen-bond donors (Lipinski definition) is 0. The van der Waals surface area contributed by atoms with Gasteiger partial charge in [0.2, 0.25) is 0 Å². The van der Waals surface area contributed by atoms with Crippen LogP contribution in [-0.4, -0.2) is 45.5 Å². The van der Waals surface area contributed by atoms with Crippen LogP contribution in [0, 0.1) is 0 Å². The summed E-state index contributed by atoms with van der Waals surface area (Å²) in [7, 11) is 4.51. The average Bonchev–Trinajstić information content (AvgIpc) is 2.57. The van der Waals surface area contributed by atoms with E-state index in [0.717, 1.165) is 11.8 Å². The van der Waals surface area contributed by atoms with Gasteiger partial charge in [0.15, 0.2) is 5.69 Å². The Morgan fingerprint density at radius 2 is 1.95 bits per heavy atom. The number of fused-ring (bicyclic) bond motifs is 1. The van der Waals surface area contributed by atoms with Crippen LogP contribution in [0.25, 0.3) is 10.9 Å². The minimum atomic E-state index is -0.519. The molecule has 1 heterocycles. The van der Waals surface area contributed by atoms with Gasteiger partial charge in [-0.25, -0.2) is 9.78 Å². The SMILES string of the molecule is COCCCOc1cc(C(=O)OC)nc2c(OC)cccc12. The highest BCUT2D eigenvalue weighted by Gasteiger charge is 2.15.